The number of hydrogen-bond acceptors (Lipinski definition) is 3. The van der Waals surface area contributed by atoms with Crippen LogP contribution in [0.15, 0.2) is 60.7 Å². The van der Waals surface area contributed by atoms with Crippen LogP contribution in [0.4, 0.5) is 4.79 Å². The highest BCUT2D eigenvalue weighted by atomic mass is 16.5. The predicted octanol–water partition coefficient (Wildman–Crippen LogP) is 4.33. The van der Waals surface area contributed by atoms with Crippen molar-refractivity contribution in [2.75, 3.05) is 20.8 Å². The molecule has 0 spiro atoms. The Bertz CT molecular complexity index is 971. The molecule has 3 aromatic carbocycles. The van der Waals surface area contributed by atoms with Gasteiger partial charge in [0.1, 0.15) is 0 Å². The van der Waals surface area contributed by atoms with Crippen molar-refractivity contribution in [2.24, 2.45) is 0 Å². The minimum absolute atomic E-state index is 0.0391. The third-order valence-electron chi connectivity index (χ3n) is 4.88. The lowest BCUT2D eigenvalue weighted by atomic mass is 10.0. The Hall–Kier alpha value is -3.21. The number of urea groups is 1. The minimum Gasteiger partial charge on any atom is -0.493 e. The summed E-state index contributed by atoms with van der Waals surface area (Å²) in [6.07, 6.45) is 1.50. The fraction of sp³-hybridized carbons (Fsp3) is 0.292. The molecular formula is C24H28N2O3. The van der Waals surface area contributed by atoms with Gasteiger partial charge in [0.15, 0.2) is 11.5 Å². The van der Waals surface area contributed by atoms with E-state index in [4.69, 9.17) is 9.47 Å². The lowest BCUT2D eigenvalue weighted by Crippen LogP contribution is -2.42. The van der Waals surface area contributed by atoms with Crippen LogP contribution in [0.5, 0.6) is 11.5 Å². The molecule has 0 aliphatic rings. The van der Waals surface area contributed by atoms with Gasteiger partial charge in [-0.25, -0.2) is 4.79 Å². The zero-order chi connectivity index (χ0) is 20.6. The van der Waals surface area contributed by atoms with Gasteiger partial charge in [-0.05, 0) is 53.8 Å². The Morgan fingerprint density at radius 1 is 0.897 bits per heavy atom. The van der Waals surface area contributed by atoms with Crippen molar-refractivity contribution in [1.82, 2.24) is 10.6 Å². The average molecular weight is 392 g/mol. The van der Waals surface area contributed by atoms with Crippen molar-refractivity contribution >= 4 is 16.8 Å². The number of nitrogens with one attached hydrogen (secondary N) is 2. The van der Waals surface area contributed by atoms with Crippen molar-refractivity contribution in [3.63, 3.8) is 0 Å². The quantitative estimate of drug-likeness (QED) is 0.600. The maximum atomic E-state index is 12.2. The summed E-state index contributed by atoms with van der Waals surface area (Å²) in [4.78, 5) is 12.2. The molecule has 3 rings (SSSR count). The molecule has 152 valence electrons. The number of rotatable bonds is 8. The van der Waals surface area contributed by atoms with E-state index in [1.54, 1.807) is 14.2 Å². The summed E-state index contributed by atoms with van der Waals surface area (Å²) < 4.78 is 10.6. The highest BCUT2D eigenvalue weighted by molar-refractivity contribution is 5.83. The first-order valence-electron chi connectivity index (χ1n) is 9.82. The molecule has 0 bridgehead atoms. The Labute approximate surface area is 172 Å². The molecule has 1 atom stereocenters. The van der Waals surface area contributed by atoms with Crippen LogP contribution in [0.1, 0.15) is 18.1 Å². The molecule has 2 N–H and O–H groups in total. The number of benzene rings is 3. The molecule has 0 saturated carbocycles. The van der Waals surface area contributed by atoms with Gasteiger partial charge in [-0.15, -0.1) is 0 Å². The van der Waals surface area contributed by atoms with Crippen LogP contribution < -0.4 is 20.1 Å². The van der Waals surface area contributed by atoms with E-state index in [9.17, 15) is 4.79 Å². The number of hydrogen-bond donors (Lipinski definition) is 2. The average Bonchev–Trinajstić information content (AvgIpc) is 2.73. The van der Waals surface area contributed by atoms with Crippen LogP contribution in [0, 0.1) is 0 Å². The fourth-order valence-electron chi connectivity index (χ4n) is 3.40. The van der Waals surface area contributed by atoms with Crippen LogP contribution in [0.2, 0.25) is 0 Å². The third kappa shape index (κ3) is 5.64. The molecule has 0 heterocycles. The number of carbonyl (C=O) groups is 1. The fourth-order valence-corrected chi connectivity index (χ4v) is 3.40. The SMILES string of the molecule is COc1ccc(CCNC(=O)NC(C)Cc2ccc3ccccc3c2)cc1OC. The number of ether oxygens (including phenoxy) is 2. The van der Waals surface area contributed by atoms with Gasteiger partial charge < -0.3 is 20.1 Å². The highest BCUT2D eigenvalue weighted by Crippen LogP contribution is 2.27. The second kappa shape index (κ2) is 9.82. The van der Waals surface area contributed by atoms with Gasteiger partial charge in [-0.3, -0.25) is 0 Å². The van der Waals surface area contributed by atoms with Crippen LogP contribution in [-0.2, 0) is 12.8 Å². The van der Waals surface area contributed by atoms with Gasteiger partial charge in [0.2, 0.25) is 0 Å². The third-order valence-corrected chi connectivity index (χ3v) is 4.88. The highest BCUT2D eigenvalue weighted by Gasteiger charge is 2.09. The summed E-state index contributed by atoms with van der Waals surface area (Å²) in [6.45, 7) is 2.56. The van der Waals surface area contributed by atoms with Crippen LogP contribution in [0.25, 0.3) is 10.8 Å². The first-order chi connectivity index (χ1) is 14.1. The zero-order valence-electron chi connectivity index (χ0n) is 17.2. The van der Waals surface area contributed by atoms with Crippen molar-refractivity contribution in [1.29, 1.82) is 0 Å². The van der Waals surface area contributed by atoms with E-state index in [-0.39, 0.29) is 12.1 Å². The Morgan fingerprint density at radius 2 is 1.62 bits per heavy atom. The summed E-state index contributed by atoms with van der Waals surface area (Å²) in [6, 6.07) is 20.4. The van der Waals surface area contributed by atoms with Crippen LogP contribution >= 0.6 is 0 Å². The van der Waals surface area contributed by atoms with E-state index in [1.807, 2.05) is 37.3 Å². The molecule has 3 aromatic rings. The summed E-state index contributed by atoms with van der Waals surface area (Å²) in [5.41, 5.74) is 2.29. The monoisotopic (exact) mass is 392 g/mol. The summed E-state index contributed by atoms with van der Waals surface area (Å²) >= 11 is 0. The van der Waals surface area contributed by atoms with Crippen LogP contribution in [-0.4, -0.2) is 32.8 Å². The molecule has 0 aliphatic heterocycles. The van der Waals surface area contributed by atoms with Crippen molar-refractivity contribution in [2.45, 2.75) is 25.8 Å². The molecule has 0 fully saturated rings. The Balaban J connectivity index is 1.46. The number of carbonyl (C=O) groups excluding carboxylic acids is 1. The second-order valence-corrected chi connectivity index (χ2v) is 7.13. The van der Waals surface area contributed by atoms with Crippen LogP contribution in [0.3, 0.4) is 0 Å². The molecule has 5 heteroatoms. The van der Waals surface area contributed by atoms with Crippen molar-refractivity contribution in [3.05, 3.63) is 71.8 Å². The lowest BCUT2D eigenvalue weighted by Gasteiger charge is -2.15. The van der Waals surface area contributed by atoms with E-state index in [2.05, 4.69) is 41.0 Å². The van der Waals surface area contributed by atoms with Gasteiger partial charge in [0, 0.05) is 12.6 Å². The first kappa shape index (κ1) is 20.5. The number of fused-ring (bicyclic) bond motifs is 1. The maximum Gasteiger partial charge on any atom is 0.315 e. The standard InChI is InChI=1S/C24H28N2O3/c1-17(14-19-8-10-20-6-4-5-7-21(20)15-19)26-24(27)25-13-12-18-9-11-22(28-2)23(16-18)29-3/h4-11,15-17H,12-14H2,1-3H3,(H2,25,26,27). The summed E-state index contributed by atoms with van der Waals surface area (Å²) in [7, 11) is 3.23. The van der Waals surface area contributed by atoms with Gasteiger partial charge in [0.05, 0.1) is 14.2 Å². The molecule has 0 aliphatic carbocycles. The Morgan fingerprint density at radius 3 is 2.38 bits per heavy atom. The molecule has 1 unspecified atom stereocenters. The van der Waals surface area contributed by atoms with Crippen molar-refractivity contribution in [3.8, 4) is 11.5 Å². The maximum absolute atomic E-state index is 12.2. The van der Waals surface area contributed by atoms with E-state index in [0.29, 0.717) is 24.5 Å². The zero-order valence-corrected chi connectivity index (χ0v) is 17.2. The summed E-state index contributed by atoms with van der Waals surface area (Å²) in [5, 5.41) is 8.38. The lowest BCUT2D eigenvalue weighted by molar-refractivity contribution is 0.238. The van der Waals surface area contributed by atoms with Gasteiger partial charge in [-0.2, -0.15) is 0 Å². The van der Waals surface area contributed by atoms with E-state index < -0.39 is 0 Å². The molecule has 29 heavy (non-hydrogen) atoms. The summed E-state index contributed by atoms with van der Waals surface area (Å²) in [5.74, 6) is 1.39. The minimum atomic E-state index is -0.154. The normalized spacial score (nSPS) is 11.7. The first-order valence-corrected chi connectivity index (χ1v) is 9.82. The van der Waals surface area contributed by atoms with E-state index in [0.717, 1.165) is 12.0 Å². The largest absolute Gasteiger partial charge is 0.493 e. The molecule has 0 aromatic heterocycles. The topological polar surface area (TPSA) is 59.6 Å². The van der Waals surface area contributed by atoms with E-state index in [1.165, 1.54) is 16.3 Å². The number of amides is 2. The smallest absolute Gasteiger partial charge is 0.315 e. The van der Waals surface area contributed by atoms with Crippen molar-refractivity contribution < 1.29 is 14.3 Å². The molecule has 0 radical (unpaired) electrons. The van der Waals surface area contributed by atoms with Gasteiger partial charge >= 0.3 is 6.03 Å². The number of methoxy groups -OCH3 is 2. The van der Waals surface area contributed by atoms with E-state index >= 15 is 0 Å². The molecule has 2 amide bonds. The van der Waals surface area contributed by atoms with Gasteiger partial charge in [-0.1, -0.05) is 48.5 Å². The molecular weight excluding hydrogens is 364 g/mol. The molecule has 5 nitrogen and oxygen atoms in total. The predicted molar refractivity (Wildman–Crippen MR) is 117 cm³/mol. The van der Waals surface area contributed by atoms with Gasteiger partial charge in [0.25, 0.3) is 0 Å². The second-order valence-electron chi connectivity index (χ2n) is 7.13. The molecule has 0 saturated heterocycles. The Kier molecular flexibility index (Phi) is 6.95.